The number of thiocarbonyl (C=S) groups is 1. The summed E-state index contributed by atoms with van der Waals surface area (Å²) in [5.41, 5.74) is -0.529. The number of rotatable bonds is 1. The molecule has 2 fully saturated rings. The first-order chi connectivity index (χ1) is 7.07. The van der Waals surface area contributed by atoms with Crippen LogP contribution in [0, 0.1) is 0 Å². The molecule has 0 radical (unpaired) electrons. The number of likely N-dealkylation sites (tertiary alicyclic amines) is 1. The van der Waals surface area contributed by atoms with Crippen LogP contribution in [0.15, 0.2) is 0 Å². The third-order valence-corrected chi connectivity index (χ3v) is 3.66. The summed E-state index contributed by atoms with van der Waals surface area (Å²) in [5, 5.41) is 13.8. The van der Waals surface area contributed by atoms with Gasteiger partial charge in [-0.2, -0.15) is 0 Å². The highest BCUT2D eigenvalue weighted by atomic mass is 32.1. The van der Waals surface area contributed by atoms with Crippen LogP contribution in [0.5, 0.6) is 0 Å². The van der Waals surface area contributed by atoms with Crippen molar-refractivity contribution in [2.45, 2.75) is 50.7 Å². The van der Waals surface area contributed by atoms with Crippen molar-refractivity contribution in [2.75, 3.05) is 13.1 Å². The second-order valence-corrected chi connectivity index (χ2v) is 5.52. The van der Waals surface area contributed by atoms with Gasteiger partial charge in [-0.15, -0.1) is 0 Å². The molecule has 1 aliphatic heterocycles. The van der Waals surface area contributed by atoms with Gasteiger partial charge in [0.05, 0.1) is 18.7 Å². The molecule has 1 heterocycles. The molecule has 0 aromatic heterocycles. The molecule has 2 rings (SSSR count). The fourth-order valence-electron chi connectivity index (χ4n) is 2.43. The van der Waals surface area contributed by atoms with Crippen molar-refractivity contribution in [1.82, 2.24) is 10.2 Å². The number of hydrogen-bond donors (Lipinski definition) is 2. The van der Waals surface area contributed by atoms with Gasteiger partial charge in [0.25, 0.3) is 0 Å². The maximum atomic E-state index is 9.61. The Labute approximate surface area is 96.8 Å². The number of β-amino-alcohol motifs (C(OH)–C–C–N with tert-alkyl or cyclic N) is 1. The summed E-state index contributed by atoms with van der Waals surface area (Å²) >= 11 is 5.31. The van der Waals surface area contributed by atoms with Crippen molar-refractivity contribution in [3.05, 3.63) is 0 Å². The quantitative estimate of drug-likeness (QED) is 0.662. The second kappa shape index (κ2) is 4.26. The van der Waals surface area contributed by atoms with Crippen LogP contribution in [0.2, 0.25) is 0 Å². The Kier molecular flexibility index (Phi) is 3.16. The summed E-state index contributed by atoms with van der Waals surface area (Å²) in [6, 6.07) is 0.566. The molecule has 0 spiro atoms. The van der Waals surface area contributed by atoms with Crippen molar-refractivity contribution < 1.29 is 5.11 Å². The van der Waals surface area contributed by atoms with E-state index in [0.29, 0.717) is 19.1 Å². The molecule has 0 atom stereocenters. The van der Waals surface area contributed by atoms with E-state index < -0.39 is 5.60 Å². The maximum Gasteiger partial charge on any atom is 0.169 e. The lowest BCUT2D eigenvalue weighted by molar-refractivity contribution is -0.0502. The summed E-state index contributed by atoms with van der Waals surface area (Å²) in [6.07, 6.45) is 6.48. The van der Waals surface area contributed by atoms with Crippen molar-refractivity contribution in [1.29, 1.82) is 0 Å². The summed E-state index contributed by atoms with van der Waals surface area (Å²) < 4.78 is 0. The predicted molar refractivity (Wildman–Crippen MR) is 64.8 cm³/mol. The van der Waals surface area contributed by atoms with E-state index in [1.807, 2.05) is 11.8 Å². The van der Waals surface area contributed by atoms with Crippen LogP contribution in [-0.4, -0.2) is 39.9 Å². The topological polar surface area (TPSA) is 35.5 Å². The van der Waals surface area contributed by atoms with Crippen LogP contribution >= 0.6 is 12.2 Å². The summed E-state index contributed by atoms with van der Waals surface area (Å²) in [5.74, 6) is 0. The number of aliphatic hydroxyl groups is 1. The van der Waals surface area contributed by atoms with E-state index >= 15 is 0 Å². The third kappa shape index (κ3) is 2.82. The Morgan fingerprint density at radius 1 is 1.33 bits per heavy atom. The molecular formula is C11H20N2OS. The first kappa shape index (κ1) is 11.1. The van der Waals surface area contributed by atoms with Gasteiger partial charge in [0, 0.05) is 6.04 Å². The molecule has 86 valence electrons. The highest BCUT2D eigenvalue weighted by Gasteiger charge is 2.38. The van der Waals surface area contributed by atoms with E-state index in [9.17, 15) is 5.11 Å². The zero-order valence-corrected chi connectivity index (χ0v) is 10.1. The Balaban J connectivity index is 1.73. The van der Waals surface area contributed by atoms with E-state index in [0.717, 1.165) is 5.11 Å². The van der Waals surface area contributed by atoms with Gasteiger partial charge in [-0.1, -0.05) is 19.3 Å². The molecule has 0 aromatic carbocycles. The third-order valence-electron chi connectivity index (χ3n) is 3.28. The highest BCUT2D eigenvalue weighted by Crippen LogP contribution is 2.21. The Morgan fingerprint density at radius 3 is 2.47 bits per heavy atom. The molecule has 0 bridgehead atoms. The molecule has 0 unspecified atom stereocenters. The van der Waals surface area contributed by atoms with Crippen molar-refractivity contribution in [2.24, 2.45) is 0 Å². The maximum absolute atomic E-state index is 9.61. The molecule has 2 N–H and O–H groups in total. The lowest BCUT2D eigenvalue weighted by atomic mass is 9.95. The van der Waals surface area contributed by atoms with Gasteiger partial charge in [0.15, 0.2) is 5.11 Å². The minimum absolute atomic E-state index is 0.529. The molecule has 15 heavy (non-hydrogen) atoms. The van der Waals surface area contributed by atoms with Crippen LogP contribution in [0.25, 0.3) is 0 Å². The molecule has 4 heteroatoms. The average Bonchev–Trinajstić information content (AvgIpc) is 2.15. The molecule has 1 aliphatic carbocycles. The number of nitrogens with zero attached hydrogens (tertiary/aromatic N) is 1. The summed E-state index contributed by atoms with van der Waals surface area (Å²) in [6.45, 7) is 3.20. The summed E-state index contributed by atoms with van der Waals surface area (Å²) in [4.78, 5) is 2.05. The molecule has 2 aliphatic rings. The van der Waals surface area contributed by atoms with Gasteiger partial charge in [-0.05, 0) is 32.0 Å². The predicted octanol–water partition coefficient (Wildman–Crippen LogP) is 1.26. The standard InChI is InChI=1S/C11H20N2OS/c1-11(14)7-13(8-11)10(15)12-9-5-3-2-4-6-9/h9,14H,2-8H2,1H3,(H,12,15). The van der Waals surface area contributed by atoms with Crippen molar-refractivity contribution >= 4 is 17.3 Å². The van der Waals surface area contributed by atoms with E-state index in [4.69, 9.17) is 12.2 Å². The molecule has 0 aromatic rings. The zero-order valence-electron chi connectivity index (χ0n) is 9.33. The SMILES string of the molecule is CC1(O)CN(C(=S)NC2CCCCC2)C1. The van der Waals surface area contributed by atoms with E-state index in [-0.39, 0.29) is 0 Å². The Bertz CT molecular complexity index is 241. The van der Waals surface area contributed by atoms with Gasteiger partial charge in [0.2, 0.25) is 0 Å². The first-order valence-corrected chi connectivity index (χ1v) is 6.25. The zero-order chi connectivity index (χ0) is 10.9. The van der Waals surface area contributed by atoms with Crippen LogP contribution in [0.3, 0.4) is 0 Å². The smallest absolute Gasteiger partial charge is 0.169 e. The minimum atomic E-state index is -0.529. The average molecular weight is 228 g/mol. The first-order valence-electron chi connectivity index (χ1n) is 5.85. The molecule has 1 saturated carbocycles. The summed E-state index contributed by atoms with van der Waals surface area (Å²) in [7, 11) is 0. The van der Waals surface area contributed by atoms with Crippen LogP contribution < -0.4 is 5.32 Å². The lowest BCUT2D eigenvalue weighted by Crippen LogP contribution is -2.64. The Hall–Kier alpha value is -0.350. The second-order valence-electron chi connectivity index (χ2n) is 5.14. The van der Waals surface area contributed by atoms with Gasteiger partial charge < -0.3 is 15.3 Å². The minimum Gasteiger partial charge on any atom is -0.386 e. The largest absolute Gasteiger partial charge is 0.386 e. The Morgan fingerprint density at radius 2 is 1.93 bits per heavy atom. The highest BCUT2D eigenvalue weighted by molar-refractivity contribution is 7.80. The molecule has 0 amide bonds. The van der Waals surface area contributed by atoms with Crippen LogP contribution in [-0.2, 0) is 0 Å². The van der Waals surface area contributed by atoms with Crippen molar-refractivity contribution in [3.63, 3.8) is 0 Å². The molecular weight excluding hydrogens is 208 g/mol. The van der Waals surface area contributed by atoms with Gasteiger partial charge in [-0.25, -0.2) is 0 Å². The van der Waals surface area contributed by atoms with Crippen LogP contribution in [0.4, 0.5) is 0 Å². The van der Waals surface area contributed by atoms with Gasteiger partial charge >= 0.3 is 0 Å². The van der Waals surface area contributed by atoms with Crippen LogP contribution in [0.1, 0.15) is 39.0 Å². The fourth-order valence-corrected chi connectivity index (χ4v) is 2.73. The monoisotopic (exact) mass is 228 g/mol. The fraction of sp³-hybridized carbons (Fsp3) is 0.909. The van der Waals surface area contributed by atoms with Crippen molar-refractivity contribution in [3.8, 4) is 0 Å². The number of nitrogens with one attached hydrogen (secondary N) is 1. The van der Waals surface area contributed by atoms with Gasteiger partial charge in [0.1, 0.15) is 0 Å². The molecule has 3 nitrogen and oxygen atoms in total. The molecule has 1 saturated heterocycles. The number of hydrogen-bond acceptors (Lipinski definition) is 2. The van der Waals surface area contributed by atoms with E-state index in [2.05, 4.69) is 5.32 Å². The van der Waals surface area contributed by atoms with Gasteiger partial charge in [-0.3, -0.25) is 0 Å². The van der Waals surface area contributed by atoms with E-state index in [1.165, 1.54) is 32.1 Å². The lowest BCUT2D eigenvalue weighted by Gasteiger charge is -2.46. The normalized spacial score (nSPS) is 25.9. The van der Waals surface area contributed by atoms with E-state index in [1.54, 1.807) is 0 Å².